The van der Waals surface area contributed by atoms with Gasteiger partial charge in [-0.05, 0) is 19.4 Å². The molecule has 1 aromatic carbocycles. The Morgan fingerprint density at radius 2 is 2.11 bits per heavy atom. The first kappa shape index (κ1) is 12.9. The molecule has 0 radical (unpaired) electrons. The van der Waals surface area contributed by atoms with Crippen molar-refractivity contribution >= 4 is 5.69 Å². The molecule has 0 bridgehead atoms. The van der Waals surface area contributed by atoms with Gasteiger partial charge in [-0.25, -0.2) is 9.97 Å². The van der Waals surface area contributed by atoms with E-state index < -0.39 is 4.92 Å². The van der Waals surface area contributed by atoms with E-state index in [9.17, 15) is 15.2 Å². The summed E-state index contributed by atoms with van der Waals surface area (Å²) in [6.45, 7) is 3.74. The SMILES string of the molecule is CCc1nc(C)ncc1-c1ccc([N+](=O)[O-])cc1O. The van der Waals surface area contributed by atoms with Crippen molar-refractivity contribution in [1.82, 2.24) is 9.97 Å². The van der Waals surface area contributed by atoms with Crippen LogP contribution in [0.5, 0.6) is 5.75 Å². The van der Waals surface area contributed by atoms with Gasteiger partial charge >= 0.3 is 0 Å². The Balaban J connectivity index is 2.56. The standard InChI is InChI=1S/C13H13N3O3/c1-3-12-11(7-14-8(2)15-12)10-5-4-9(16(18)19)6-13(10)17/h4-7,17H,3H2,1-2H3. The normalized spacial score (nSPS) is 10.4. The molecule has 0 spiro atoms. The number of rotatable bonds is 3. The number of hydrogen-bond donors (Lipinski definition) is 1. The largest absolute Gasteiger partial charge is 0.507 e. The average Bonchev–Trinajstić information content (AvgIpc) is 2.38. The van der Waals surface area contributed by atoms with Gasteiger partial charge in [-0.3, -0.25) is 10.1 Å². The van der Waals surface area contributed by atoms with Crippen LogP contribution in [0.3, 0.4) is 0 Å². The van der Waals surface area contributed by atoms with Crippen LogP contribution in [0.2, 0.25) is 0 Å². The molecule has 2 aromatic rings. The van der Waals surface area contributed by atoms with E-state index in [-0.39, 0.29) is 11.4 Å². The van der Waals surface area contributed by atoms with Crippen LogP contribution in [-0.2, 0) is 6.42 Å². The van der Waals surface area contributed by atoms with Crippen LogP contribution < -0.4 is 0 Å². The lowest BCUT2D eigenvalue weighted by molar-refractivity contribution is -0.384. The molecule has 1 N–H and O–H groups in total. The van der Waals surface area contributed by atoms with Crippen molar-refractivity contribution < 1.29 is 10.0 Å². The van der Waals surface area contributed by atoms with Gasteiger partial charge in [0.1, 0.15) is 11.6 Å². The van der Waals surface area contributed by atoms with Gasteiger partial charge in [0, 0.05) is 23.4 Å². The summed E-state index contributed by atoms with van der Waals surface area (Å²) in [6, 6.07) is 4.00. The number of phenolic OH excluding ortho intramolecular Hbond substituents is 1. The Hall–Kier alpha value is -2.50. The van der Waals surface area contributed by atoms with E-state index in [0.717, 1.165) is 11.8 Å². The highest BCUT2D eigenvalue weighted by Crippen LogP contribution is 2.33. The molecule has 0 saturated carbocycles. The Labute approximate surface area is 109 Å². The second-order valence-corrected chi connectivity index (χ2v) is 4.09. The fraction of sp³-hybridized carbons (Fsp3) is 0.231. The van der Waals surface area contributed by atoms with Gasteiger partial charge in [-0.2, -0.15) is 0 Å². The zero-order valence-corrected chi connectivity index (χ0v) is 10.6. The van der Waals surface area contributed by atoms with Crippen molar-refractivity contribution in [1.29, 1.82) is 0 Å². The highest BCUT2D eigenvalue weighted by molar-refractivity contribution is 5.73. The molecule has 0 aliphatic rings. The molecule has 6 heteroatoms. The van der Waals surface area contributed by atoms with E-state index in [4.69, 9.17) is 0 Å². The molecule has 6 nitrogen and oxygen atoms in total. The van der Waals surface area contributed by atoms with Crippen LogP contribution in [0.25, 0.3) is 11.1 Å². The van der Waals surface area contributed by atoms with Crippen LogP contribution in [0, 0.1) is 17.0 Å². The number of aromatic hydroxyl groups is 1. The average molecular weight is 259 g/mol. The summed E-state index contributed by atoms with van der Waals surface area (Å²) < 4.78 is 0. The minimum atomic E-state index is -0.546. The van der Waals surface area contributed by atoms with Crippen LogP contribution in [-0.4, -0.2) is 20.0 Å². The Morgan fingerprint density at radius 1 is 1.37 bits per heavy atom. The molecule has 0 saturated heterocycles. The van der Waals surface area contributed by atoms with Crippen molar-refractivity contribution in [3.63, 3.8) is 0 Å². The summed E-state index contributed by atoms with van der Waals surface area (Å²) in [4.78, 5) is 18.5. The third-order valence-electron chi connectivity index (χ3n) is 2.81. The molecule has 0 atom stereocenters. The minimum Gasteiger partial charge on any atom is -0.507 e. The van der Waals surface area contributed by atoms with Gasteiger partial charge in [0.05, 0.1) is 16.7 Å². The molecule has 1 aromatic heterocycles. The summed E-state index contributed by atoms with van der Waals surface area (Å²) >= 11 is 0. The third-order valence-corrected chi connectivity index (χ3v) is 2.81. The second kappa shape index (κ2) is 5.01. The molecule has 2 rings (SSSR count). The molecular formula is C13H13N3O3. The number of aryl methyl sites for hydroxylation is 2. The van der Waals surface area contributed by atoms with Gasteiger partial charge in [0.2, 0.25) is 0 Å². The predicted octanol–water partition coefficient (Wildman–Crippen LogP) is 2.63. The highest BCUT2D eigenvalue weighted by atomic mass is 16.6. The summed E-state index contributed by atoms with van der Waals surface area (Å²) in [7, 11) is 0. The first-order valence-corrected chi connectivity index (χ1v) is 5.83. The molecule has 0 fully saturated rings. The second-order valence-electron chi connectivity index (χ2n) is 4.09. The number of aromatic nitrogens is 2. The van der Waals surface area contributed by atoms with E-state index in [0.29, 0.717) is 23.4 Å². The number of benzene rings is 1. The number of non-ortho nitro benzene ring substituents is 1. The lowest BCUT2D eigenvalue weighted by Gasteiger charge is -2.09. The molecule has 0 unspecified atom stereocenters. The highest BCUT2D eigenvalue weighted by Gasteiger charge is 2.14. The predicted molar refractivity (Wildman–Crippen MR) is 69.9 cm³/mol. The van der Waals surface area contributed by atoms with Gasteiger partial charge in [0.15, 0.2) is 0 Å². The summed E-state index contributed by atoms with van der Waals surface area (Å²) in [5.74, 6) is 0.512. The molecule has 0 amide bonds. The fourth-order valence-electron chi connectivity index (χ4n) is 1.87. The van der Waals surface area contributed by atoms with Crippen LogP contribution in [0.15, 0.2) is 24.4 Å². The van der Waals surface area contributed by atoms with Gasteiger partial charge < -0.3 is 5.11 Å². The first-order chi connectivity index (χ1) is 9.02. The number of nitrogens with zero attached hydrogens (tertiary/aromatic N) is 3. The van der Waals surface area contributed by atoms with Crippen molar-refractivity contribution in [3.05, 3.63) is 46.0 Å². The maximum absolute atomic E-state index is 10.6. The van der Waals surface area contributed by atoms with Crippen LogP contribution in [0.1, 0.15) is 18.4 Å². The monoisotopic (exact) mass is 259 g/mol. The molecule has 0 aliphatic heterocycles. The molecule has 19 heavy (non-hydrogen) atoms. The number of phenols is 1. The number of hydrogen-bond acceptors (Lipinski definition) is 5. The summed E-state index contributed by atoms with van der Waals surface area (Å²) in [5.41, 5.74) is 1.85. The van der Waals surface area contributed by atoms with Crippen molar-refractivity contribution in [2.24, 2.45) is 0 Å². The summed E-state index contributed by atoms with van der Waals surface area (Å²) in [5, 5.41) is 20.6. The molecular weight excluding hydrogens is 246 g/mol. The zero-order valence-electron chi connectivity index (χ0n) is 10.6. The molecule has 98 valence electrons. The lowest BCUT2D eigenvalue weighted by Crippen LogP contribution is -1.98. The zero-order chi connectivity index (χ0) is 14.0. The molecule has 0 aliphatic carbocycles. The van der Waals surface area contributed by atoms with E-state index >= 15 is 0 Å². The minimum absolute atomic E-state index is 0.142. The number of nitro benzene ring substituents is 1. The third kappa shape index (κ3) is 2.52. The maximum atomic E-state index is 10.6. The van der Waals surface area contributed by atoms with Gasteiger partial charge in [0.25, 0.3) is 5.69 Å². The van der Waals surface area contributed by atoms with Crippen LogP contribution >= 0.6 is 0 Å². The fourth-order valence-corrected chi connectivity index (χ4v) is 1.87. The van der Waals surface area contributed by atoms with E-state index in [1.165, 1.54) is 12.1 Å². The van der Waals surface area contributed by atoms with Crippen molar-refractivity contribution in [2.75, 3.05) is 0 Å². The number of nitro groups is 1. The van der Waals surface area contributed by atoms with E-state index in [1.807, 2.05) is 6.92 Å². The summed E-state index contributed by atoms with van der Waals surface area (Å²) in [6.07, 6.45) is 2.32. The smallest absolute Gasteiger partial charge is 0.273 e. The van der Waals surface area contributed by atoms with Crippen molar-refractivity contribution in [2.45, 2.75) is 20.3 Å². The first-order valence-electron chi connectivity index (χ1n) is 5.83. The lowest BCUT2D eigenvalue weighted by atomic mass is 10.0. The topological polar surface area (TPSA) is 89.2 Å². The molecule has 1 heterocycles. The van der Waals surface area contributed by atoms with E-state index in [2.05, 4.69) is 9.97 Å². The maximum Gasteiger partial charge on any atom is 0.273 e. The van der Waals surface area contributed by atoms with Gasteiger partial charge in [-0.1, -0.05) is 6.92 Å². The van der Waals surface area contributed by atoms with E-state index in [1.54, 1.807) is 13.1 Å². The quantitative estimate of drug-likeness (QED) is 0.676. The Bertz CT molecular complexity index is 641. The van der Waals surface area contributed by atoms with Crippen molar-refractivity contribution in [3.8, 4) is 16.9 Å². The Kier molecular flexibility index (Phi) is 3.41. The van der Waals surface area contributed by atoms with Crippen LogP contribution in [0.4, 0.5) is 5.69 Å². The van der Waals surface area contributed by atoms with Gasteiger partial charge in [-0.15, -0.1) is 0 Å². The Morgan fingerprint density at radius 3 is 2.68 bits per heavy atom.